The fourth-order valence-electron chi connectivity index (χ4n) is 2.74. The number of nitrogens with one attached hydrogen (secondary N) is 2. The van der Waals surface area contributed by atoms with Gasteiger partial charge in [0.25, 0.3) is 5.91 Å². The largest absolute Gasteiger partial charge is 0.478 e. The summed E-state index contributed by atoms with van der Waals surface area (Å²) in [7, 11) is 1.74. The number of rotatable bonds is 8. The van der Waals surface area contributed by atoms with Gasteiger partial charge < -0.3 is 20.3 Å². The maximum atomic E-state index is 12.3. The maximum absolute atomic E-state index is 12.3. The zero-order valence-electron chi connectivity index (χ0n) is 17.3. The third-order valence-corrected chi connectivity index (χ3v) is 5.78. The predicted octanol–water partition coefficient (Wildman–Crippen LogP) is 3.14. The molecule has 1 heterocycles. The standard InChI is InChI=1S/C21H20ClN5O4S/c1-12-4-3-5-13(8-12)19(29)23-10-17-25-26-21(27(17)2)32-11-18(28)24-16-9-14(20(30)31)6-7-15(16)22/h3-9H,10-11H2,1-2H3,(H,23,29)(H,24,28)(H,30,31). The zero-order valence-corrected chi connectivity index (χ0v) is 18.8. The normalized spacial score (nSPS) is 10.6. The van der Waals surface area contributed by atoms with E-state index in [9.17, 15) is 14.4 Å². The van der Waals surface area contributed by atoms with E-state index in [2.05, 4.69) is 20.8 Å². The Balaban J connectivity index is 1.55. The first kappa shape index (κ1) is 23.3. The molecule has 0 aliphatic carbocycles. The van der Waals surface area contributed by atoms with E-state index in [1.54, 1.807) is 23.7 Å². The van der Waals surface area contributed by atoms with E-state index in [0.717, 1.165) is 17.3 Å². The number of hydrogen-bond acceptors (Lipinski definition) is 6. The molecule has 0 atom stereocenters. The van der Waals surface area contributed by atoms with Gasteiger partial charge in [-0.05, 0) is 37.3 Å². The molecule has 0 aliphatic heterocycles. The molecule has 166 valence electrons. The van der Waals surface area contributed by atoms with Gasteiger partial charge in [-0.2, -0.15) is 0 Å². The van der Waals surface area contributed by atoms with Crippen molar-refractivity contribution in [3.05, 3.63) is 70.0 Å². The Morgan fingerprint density at radius 1 is 1.12 bits per heavy atom. The van der Waals surface area contributed by atoms with Crippen LogP contribution < -0.4 is 10.6 Å². The van der Waals surface area contributed by atoms with Gasteiger partial charge in [-0.3, -0.25) is 9.59 Å². The molecule has 0 unspecified atom stereocenters. The van der Waals surface area contributed by atoms with Gasteiger partial charge >= 0.3 is 5.97 Å². The first-order valence-corrected chi connectivity index (χ1v) is 10.8. The fraction of sp³-hybridized carbons (Fsp3) is 0.190. The molecule has 32 heavy (non-hydrogen) atoms. The highest BCUT2D eigenvalue weighted by Gasteiger charge is 2.15. The van der Waals surface area contributed by atoms with Gasteiger partial charge in [0.2, 0.25) is 5.91 Å². The number of carbonyl (C=O) groups is 3. The number of aromatic nitrogens is 3. The number of benzene rings is 2. The topological polar surface area (TPSA) is 126 Å². The summed E-state index contributed by atoms with van der Waals surface area (Å²) in [5, 5.41) is 23.3. The van der Waals surface area contributed by atoms with Crippen molar-refractivity contribution in [1.82, 2.24) is 20.1 Å². The molecular weight excluding hydrogens is 454 g/mol. The number of thioether (sulfide) groups is 1. The summed E-state index contributed by atoms with van der Waals surface area (Å²) >= 11 is 7.18. The van der Waals surface area contributed by atoms with Gasteiger partial charge in [-0.15, -0.1) is 10.2 Å². The number of nitrogens with zero attached hydrogens (tertiary/aromatic N) is 3. The lowest BCUT2D eigenvalue weighted by atomic mass is 10.1. The summed E-state index contributed by atoms with van der Waals surface area (Å²) < 4.78 is 1.69. The van der Waals surface area contributed by atoms with Gasteiger partial charge in [0.1, 0.15) is 0 Å². The Morgan fingerprint density at radius 2 is 1.91 bits per heavy atom. The summed E-state index contributed by atoms with van der Waals surface area (Å²) in [6.45, 7) is 2.09. The molecule has 0 spiro atoms. The molecular formula is C21H20ClN5O4S. The molecule has 3 rings (SSSR count). The summed E-state index contributed by atoms with van der Waals surface area (Å²) in [5.74, 6) is -1.17. The Bertz CT molecular complexity index is 1180. The predicted molar refractivity (Wildman–Crippen MR) is 121 cm³/mol. The van der Waals surface area contributed by atoms with Crippen molar-refractivity contribution < 1.29 is 19.5 Å². The highest BCUT2D eigenvalue weighted by molar-refractivity contribution is 7.99. The van der Waals surface area contributed by atoms with Crippen LogP contribution in [-0.2, 0) is 18.4 Å². The van der Waals surface area contributed by atoms with Crippen LogP contribution >= 0.6 is 23.4 Å². The van der Waals surface area contributed by atoms with Crippen molar-refractivity contribution in [2.45, 2.75) is 18.6 Å². The van der Waals surface area contributed by atoms with Crippen LogP contribution in [0.3, 0.4) is 0 Å². The van der Waals surface area contributed by atoms with Crippen LogP contribution in [0.4, 0.5) is 5.69 Å². The number of carboxylic acids is 1. The smallest absolute Gasteiger partial charge is 0.335 e. The van der Waals surface area contributed by atoms with Crippen molar-refractivity contribution in [1.29, 1.82) is 0 Å². The fourth-order valence-corrected chi connectivity index (χ4v) is 3.64. The zero-order chi connectivity index (χ0) is 23.3. The van der Waals surface area contributed by atoms with Crippen LogP contribution in [-0.4, -0.2) is 43.4 Å². The number of aromatic carboxylic acids is 1. The van der Waals surface area contributed by atoms with Gasteiger partial charge in [0, 0.05) is 12.6 Å². The Kier molecular flexibility index (Phi) is 7.49. The second-order valence-corrected chi connectivity index (χ2v) is 8.20. The Hall–Kier alpha value is -3.37. The Morgan fingerprint density at radius 3 is 2.62 bits per heavy atom. The number of aryl methyl sites for hydroxylation is 1. The maximum Gasteiger partial charge on any atom is 0.335 e. The molecule has 0 aliphatic rings. The van der Waals surface area contributed by atoms with Gasteiger partial charge in [-0.1, -0.05) is 41.1 Å². The quantitative estimate of drug-likeness (QED) is 0.429. The molecule has 0 saturated heterocycles. The van der Waals surface area contributed by atoms with Gasteiger partial charge in [0.15, 0.2) is 11.0 Å². The van der Waals surface area contributed by atoms with Crippen molar-refractivity contribution in [3.8, 4) is 0 Å². The number of halogens is 1. The monoisotopic (exact) mass is 473 g/mol. The summed E-state index contributed by atoms with van der Waals surface area (Å²) in [4.78, 5) is 35.7. The molecule has 2 amide bonds. The molecule has 0 saturated carbocycles. The third-order valence-electron chi connectivity index (χ3n) is 4.43. The third kappa shape index (κ3) is 5.86. The van der Waals surface area contributed by atoms with E-state index < -0.39 is 5.97 Å². The van der Waals surface area contributed by atoms with E-state index in [4.69, 9.17) is 16.7 Å². The van der Waals surface area contributed by atoms with Gasteiger partial charge in [-0.25, -0.2) is 4.79 Å². The molecule has 1 aromatic heterocycles. The van der Waals surface area contributed by atoms with E-state index in [-0.39, 0.29) is 40.4 Å². The molecule has 3 aromatic rings. The average Bonchev–Trinajstić information content (AvgIpc) is 3.11. The lowest BCUT2D eigenvalue weighted by Crippen LogP contribution is -2.24. The molecule has 11 heteroatoms. The number of amides is 2. The molecule has 0 bridgehead atoms. The highest BCUT2D eigenvalue weighted by Crippen LogP contribution is 2.24. The van der Waals surface area contributed by atoms with Crippen molar-refractivity contribution >= 4 is 46.8 Å². The minimum Gasteiger partial charge on any atom is -0.478 e. The molecule has 3 N–H and O–H groups in total. The van der Waals surface area contributed by atoms with Crippen molar-refractivity contribution in [2.24, 2.45) is 7.05 Å². The second-order valence-electron chi connectivity index (χ2n) is 6.85. The van der Waals surface area contributed by atoms with Crippen LogP contribution in [0.2, 0.25) is 5.02 Å². The summed E-state index contributed by atoms with van der Waals surface area (Å²) in [6, 6.07) is 11.3. The molecule has 0 fully saturated rings. The van der Waals surface area contributed by atoms with Crippen molar-refractivity contribution in [2.75, 3.05) is 11.1 Å². The van der Waals surface area contributed by atoms with Crippen LogP contribution in [0.15, 0.2) is 47.6 Å². The second kappa shape index (κ2) is 10.3. The van der Waals surface area contributed by atoms with E-state index in [1.165, 1.54) is 18.2 Å². The van der Waals surface area contributed by atoms with Crippen LogP contribution in [0.5, 0.6) is 0 Å². The van der Waals surface area contributed by atoms with Crippen LogP contribution in [0, 0.1) is 6.92 Å². The SMILES string of the molecule is Cc1cccc(C(=O)NCc2nnc(SCC(=O)Nc3cc(C(=O)O)ccc3Cl)n2C)c1. The molecule has 2 aromatic carbocycles. The van der Waals surface area contributed by atoms with Crippen LogP contribution in [0.1, 0.15) is 32.1 Å². The first-order valence-electron chi connectivity index (χ1n) is 9.43. The first-order chi connectivity index (χ1) is 15.2. The summed E-state index contributed by atoms with van der Waals surface area (Å²) in [6.07, 6.45) is 0. The number of anilines is 1. The lowest BCUT2D eigenvalue weighted by Gasteiger charge is -2.08. The number of carbonyl (C=O) groups excluding carboxylic acids is 2. The van der Waals surface area contributed by atoms with Gasteiger partial charge in [0.05, 0.1) is 28.6 Å². The number of carboxylic acid groups (broad SMARTS) is 1. The lowest BCUT2D eigenvalue weighted by molar-refractivity contribution is -0.113. The minimum atomic E-state index is -1.12. The molecule has 0 radical (unpaired) electrons. The summed E-state index contributed by atoms with van der Waals surface area (Å²) in [5.41, 5.74) is 1.78. The minimum absolute atomic E-state index is 0.00918. The van der Waals surface area contributed by atoms with E-state index in [1.807, 2.05) is 19.1 Å². The van der Waals surface area contributed by atoms with Crippen molar-refractivity contribution in [3.63, 3.8) is 0 Å². The highest BCUT2D eigenvalue weighted by atomic mass is 35.5. The molecule has 9 nitrogen and oxygen atoms in total. The number of hydrogen-bond donors (Lipinski definition) is 3. The Labute approximate surface area is 193 Å². The average molecular weight is 474 g/mol. The van der Waals surface area contributed by atoms with Crippen LogP contribution in [0.25, 0.3) is 0 Å². The van der Waals surface area contributed by atoms with E-state index >= 15 is 0 Å². The van der Waals surface area contributed by atoms with E-state index in [0.29, 0.717) is 16.5 Å².